The number of hydrogen-bond donors (Lipinski definition) is 0. The first-order valence-electron chi connectivity index (χ1n) is 7.13. The van der Waals surface area contributed by atoms with E-state index in [1.807, 2.05) is 27.8 Å². The molecule has 1 atom stereocenters. The van der Waals surface area contributed by atoms with Crippen LogP contribution < -0.4 is 4.74 Å². The van der Waals surface area contributed by atoms with E-state index in [0.29, 0.717) is 18.0 Å². The van der Waals surface area contributed by atoms with E-state index in [2.05, 4.69) is 4.90 Å². The fourth-order valence-corrected chi connectivity index (χ4v) is 4.44. The quantitative estimate of drug-likeness (QED) is 0.851. The van der Waals surface area contributed by atoms with E-state index in [1.54, 1.807) is 23.5 Å². The molecule has 6 heteroatoms. The third-order valence-electron chi connectivity index (χ3n) is 4.23. The molecule has 1 heterocycles. The van der Waals surface area contributed by atoms with E-state index in [-0.39, 0.29) is 6.04 Å². The van der Waals surface area contributed by atoms with E-state index in [0.717, 1.165) is 23.4 Å². The second kappa shape index (κ2) is 5.94. The van der Waals surface area contributed by atoms with Crippen LogP contribution >= 0.6 is 0 Å². The Bertz CT molecular complexity index is 628. The fourth-order valence-electron chi connectivity index (χ4n) is 2.63. The molecule has 0 spiro atoms. The third kappa shape index (κ3) is 3.07. The van der Waals surface area contributed by atoms with Crippen molar-refractivity contribution in [2.75, 3.05) is 33.8 Å². The predicted molar refractivity (Wildman–Crippen MR) is 83.3 cm³/mol. The molecule has 1 aromatic rings. The van der Waals surface area contributed by atoms with E-state index in [9.17, 15) is 8.42 Å². The molecule has 0 amide bonds. The van der Waals surface area contributed by atoms with Gasteiger partial charge >= 0.3 is 0 Å². The van der Waals surface area contributed by atoms with Gasteiger partial charge in [0.1, 0.15) is 5.75 Å². The topological polar surface area (TPSA) is 49.9 Å². The van der Waals surface area contributed by atoms with E-state index in [1.165, 1.54) is 0 Å². The van der Waals surface area contributed by atoms with Crippen molar-refractivity contribution in [3.05, 3.63) is 23.3 Å². The van der Waals surface area contributed by atoms with Crippen molar-refractivity contribution in [1.82, 2.24) is 9.21 Å². The van der Waals surface area contributed by atoms with Crippen LogP contribution in [0.2, 0.25) is 0 Å². The highest BCUT2D eigenvalue weighted by Crippen LogP contribution is 2.28. The normalized spacial score (nSPS) is 21.5. The zero-order chi connectivity index (χ0) is 15.8. The molecule has 1 unspecified atom stereocenters. The maximum Gasteiger partial charge on any atom is 0.243 e. The first-order chi connectivity index (χ1) is 9.77. The molecule has 0 N–H and O–H groups in total. The van der Waals surface area contributed by atoms with E-state index < -0.39 is 10.0 Å². The molecule has 2 rings (SSSR count). The average Bonchev–Trinajstić information content (AvgIpc) is 2.43. The molecule has 21 heavy (non-hydrogen) atoms. The Morgan fingerprint density at radius 2 is 1.86 bits per heavy atom. The molecule has 5 nitrogen and oxygen atoms in total. The van der Waals surface area contributed by atoms with Gasteiger partial charge in [0.05, 0.1) is 12.0 Å². The molecular weight excluding hydrogens is 288 g/mol. The number of methoxy groups -OCH3 is 1. The Balaban J connectivity index is 2.38. The van der Waals surface area contributed by atoms with Crippen LogP contribution in [0.3, 0.4) is 0 Å². The fraction of sp³-hybridized carbons (Fsp3) is 0.600. The van der Waals surface area contributed by atoms with Gasteiger partial charge in [-0.3, -0.25) is 0 Å². The summed E-state index contributed by atoms with van der Waals surface area (Å²) in [6, 6.07) is 3.74. The molecule has 1 fully saturated rings. The lowest BCUT2D eigenvalue weighted by Crippen LogP contribution is -2.51. The molecule has 0 radical (unpaired) electrons. The molecular formula is C15H24N2O3S. The van der Waals surface area contributed by atoms with Gasteiger partial charge < -0.3 is 9.64 Å². The summed E-state index contributed by atoms with van der Waals surface area (Å²) in [5.74, 6) is 0.721. The van der Waals surface area contributed by atoms with Crippen LogP contribution in [-0.4, -0.2) is 57.5 Å². The largest absolute Gasteiger partial charge is 0.496 e. The third-order valence-corrected chi connectivity index (χ3v) is 6.24. The van der Waals surface area contributed by atoms with Crippen LogP contribution in [0.4, 0.5) is 0 Å². The van der Waals surface area contributed by atoms with Crippen molar-refractivity contribution in [2.24, 2.45) is 0 Å². The van der Waals surface area contributed by atoms with Gasteiger partial charge in [-0.2, -0.15) is 4.31 Å². The summed E-state index contributed by atoms with van der Waals surface area (Å²) in [5.41, 5.74) is 1.56. The zero-order valence-corrected chi connectivity index (χ0v) is 14.2. The molecule has 1 aromatic carbocycles. The van der Waals surface area contributed by atoms with Crippen LogP contribution in [0, 0.1) is 13.8 Å². The number of likely N-dealkylation sites (N-methyl/N-ethyl adjacent to an activating group) is 1. The number of hydrogen-bond acceptors (Lipinski definition) is 4. The average molecular weight is 312 g/mol. The minimum atomic E-state index is -3.45. The number of sulfonamides is 1. The van der Waals surface area contributed by atoms with Gasteiger partial charge in [0.2, 0.25) is 10.0 Å². The van der Waals surface area contributed by atoms with Crippen molar-refractivity contribution >= 4 is 10.0 Å². The van der Waals surface area contributed by atoms with Crippen molar-refractivity contribution in [2.45, 2.75) is 31.7 Å². The standard InChI is InChI=1S/C15H24N2O3S/c1-11-9-15(12(2)8-14(11)20-5)21(18,19)17-7-6-16(4)13(3)10-17/h8-9,13H,6-7,10H2,1-5H3. The predicted octanol–water partition coefficient (Wildman–Crippen LogP) is 1.64. The number of aryl methyl sites for hydroxylation is 2. The Kier molecular flexibility index (Phi) is 4.60. The lowest BCUT2D eigenvalue weighted by Gasteiger charge is -2.37. The van der Waals surface area contributed by atoms with Crippen LogP contribution in [0.15, 0.2) is 17.0 Å². The lowest BCUT2D eigenvalue weighted by molar-refractivity contribution is 0.159. The monoisotopic (exact) mass is 312 g/mol. The molecule has 0 bridgehead atoms. The van der Waals surface area contributed by atoms with Gasteiger partial charge in [0.25, 0.3) is 0 Å². The van der Waals surface area contributed by atoms with Crippen molar-refractivity contribution < 1.29 is 13.2 Å². The van der Waals surface area contributed by atoms with Crippen molar-refractivity contribution in [3.63, 3.8) is 0 Å². The number of piperazine rings is 1. The number of ether oxygens (including phenoxy) is 1. The van der Waals surface area contributed by atoms with E-state index >= 15 is 0 Å². The van der Waals surface area contributed by atoms with Gasteiger partial charge in [-0.1, -0.05) is 0 Å². The summed E-state index contributed by atoms with van der Waals surface area (Å²) < 4.78 is 32.6. The Morgan fingerprint density at radius 3 is 2.43 bits per heavy atom. The number of rotatable bonds is 3. The van der Waals surface area contributed by atoms with Crippen LogP contribution in [0.1, 0.15) is 18.1 Å². The molecule has 0 aromatic heterocycles. The minimum absolute atomic E-state index is 0.230. The Hall–Kier alpha value is -1.11. The smallest absolute Gasteiger partial charge is 0.243 e. The summed E-state index contributed by atoms with van der Waals surface area (Å²) in [6.45, 7) is 7.55. The SMILES string of the molecule is COc1cc(C)c(S(=O)(=O)N2CCN(C)C(C)C2)cc1C. The molecule has 1 aliphatic rings. The number of nitrogens with zero attached hydrogens (tertiary/aromatic N) is 2. The second-order valence-corrected chi connectivity index (χ2v) is 7.69. The number of benzene rings is 1. The van der Waals surface area contributed by atoms with Gasteiger partial charge in [-0.05, 0) is 51.1 Å². The van der Waals surface area contributed by atoms with Gasteiger partial charge in [0.15, 0.2) is 0 Å². The molecule has 1 saturated heterocycles. The zero-order valence-electron chi connectivity index (χ0n) is 13.4. The maximum absolute atomic E-state index is 12.9. The summed E-state index contributed by atoms with van der Waals surface area (Å²) in [4.78, 5) is 2.57. The first-order valence-corrected chi connectivity index (χ1v) is 8.57. The van der Waals surface area contributed by atoms with Crippen LogP contribution in [-0.2, 0) is 10.0 Å². The highest BCUT2D eigenvalue weighted by molar-refractivity contribution is 7.89. The lowest BCUT2D eigenvalue weighted by atomic mass is 10.1. The maximum atomic E-state index is 12.9. The summed E-state index contributed by atoms with van der Waals surface area (Å²) in [7, 11) is 0.175. The van der Waals surface area contributed by atoms with Crippen molar-refractivity contribution in [1.29, 1.82) is 0 Å². The molecule has 1 aliphatic heterocycles. The molecule has 118 valence electrons. The van der Waals surface area contributed by atoms with Gasteiger partial charge in [0, 0.05) is 25.7 Å². The second-order valence-electron chi connectivity index (χ2n) is 5.78. The summed E-state index contributed by atoms with van der Waals surface area (Å²) in [6.07, 6.45) is 0. The Morgan fingerprint density at radius 1 is 1.19 bits per heavy atom. The minimum Gasteiger partial charge on any atom is -0.496 e. The van der Waals surface area contributed by atoms with E-state index in [4.69, 9.17) is 4.74 Å². The van der Waals surface area contributed by atoms with Crippen molar-refractivity contribution in [3.8, 4) is 5.75 Å². The first kappa shape index (κ1) is 16.3. The van der Waals surface area contributed by atoms with Crippen LogP contribution in [0.5, 0.6) is 5.75 Å². The van der Waals surface area contributed by atoms with Gasteiger partial charge in [-0.25, -0.2) is 8.42 Å². The Labute approximate surface area is 127 Å². The van der Waals surface area contributed by atoms with Gasteiger partial charge in [-0.15, -0.1) is 0 Å². The highest BCUT2D eigenvalue weighted by atomic mass is 32.2. The molecule has 0 saturated carbocycles. The highest BCUT2D eigenvalue weighted by Gasteiger charge is 2.32. The van der Waals surface area contributed by atoms with Crippen LogP contribution in [0.25, 0.3) is 0 Å². The summed E-state index contributed by atoms with van der Waals surface area (Å²) >= 11 is 0. The molecule has 0 aliphatic carbocycles. The summed E-state index contributed by atoms with van der Waals surface area (Å²) in [5, 5.41) is 0.